The van der Waals surface area contributed by atoms with E-state index in [0.29, 0.717) is 6.04 Å². The van der Waals surface area contributed by atoms with Crippen molar-refractivity contribution in [1.29, 1.82) is 0 Å². The largest absolute Gasteiger partial charge is 0.381 e. The second kappa shape index (κ2) is 8.43. The molecule has 1 heterocycles. The molecule has 1 aliphatic heterocycles. The third kappa shape index (κ3) is 5.23. The van der Waals surface area contributed by atoms with Crippen molar-refractivity contribution in [2.45, 2.75) is 38.6 Å². The minimum absolute atomic E-state index is 0.709. The molecule has 90 valence electrons. The maximum Gasteiger partial charge on any atom is 0.0509 e. The lowest BCUT2D eigenvalue weighted by Gasteiger charge is -2.32. The highest BCUT2D eigenvalue weighted by molar-refractivity contribution is 7.98. The first-order valence-electron chi connectivity index (χ1n) is 6.18. The van der Waals surface area contributed by atoms with Gasteiger partial charge in [0.05, 0.1) is 6.61 Å². The van der Waals surface area contributed by atoms with Gasteiger partial charge in [-0.2, -0.15) is 11.8 Å². The summed E-state index contributed by atoms with van der Waals surface area (Å²) in [6.45, 7) is 5.30. The molecule has 1 fully saturated rings. The zero-order chi connectivity index (χ0) is 10.9. The van der Waals surface area contributed by atoms with Crippen molar-refractivity contribution >= 4 is 11.8 Å². The van der Waals surface area contributed by atoms with Crippen LogP contribution in [0.4, 0.5) is 0 Å². The van der Waals surface area contributed by atoms with E-state index in [2.05, 4.69) is 18.5 Å². The van der Waals surface area contributed by atoms with E-state index >= 15 is 0 Å². The van der Waals surface area contributed by atoms with Gasteiger partial charge in [-0.1, -0.05) is 6.92 Å². The van der Waals surface area contributed by atoms with E-state index < -0.39 is 0 Å². The maximum absolute atomic E-state index is 5.58. The Kier molecular flexibility index (Phi) is 7.49. The molecule has 3 heteroatoms. The molecule has 1 N–H and O–H groups in total. The van der Waals surface area contributed by atoms with Crippen LogP contribution in [0.5, 0.6) is 0 Å². The molecule has 1 saturated heterocycles. The summed E-state index contributed by atoms with van der Waals surface area (Å²) in [5.41, 5.74) is 0. The molecule has 2 unspecified atom stereocenters. The van der Waals surface area contributed by atoms with Crippen molar-refractivity contribution in [1.82, 2.24) is 5.32 Å². The first kappa shape index (κ1) is 13.3. The van der Waals surface area contributed by atoms with Crippen molar-refractivity contribution in [2.24, 2.45) is 5.92 Å². The maximum atomic E-state index is 5.58. The van der Waals surface area contributed by atoms with E-state index in [1.165, 1.54) is 31.4 Å². The Balaban J connectivity index is 2.22. The van der Waals surface area contributed by atoms with Crippen molar-refractivity contribution in [3.8, 4) is 0 Å². The second-order valence-corrected chi connectivity index (χ2v) is 5.30. The van der Waals surface area contributed by atoms with Gasteiger partial charge in [0.1, 0.15) is 0 Å². The van der Waals surface area contributed by atoms with Crippen LogP contribution in [0.2, 0.25) is 0 Å². The molecule has 0 amide bonds. The Hall–Kier alpha value is 0.270. The fourth-order valence-corrected chi connectivity index (χ4v) is 2.63. The van der Waals surface area contributed by atoms with Gasteiger partial charge in [-0.15, -0.1) is 0 Å². The normalized spacial score (nSPS) is 26.8. The van der Waals surface area contributed by atoms with Gasteiger partial charge in [0, 0.05) is 12.6 Å². The molecule has 0 radical (unpaired) electrons. The Morgan fingerprint density at radius 3 is 3.07 bits per heavy atom. The standard InChI is InChI=1S/C12H25NOS/c1-3-7-13-12-6-8-14-10-11(12)5-4-9-15-2/h11-13H,3-10H2,1-2H3. The molecule has 0 saturated carbocycles. The topological polar surface area (TPSA) is 21.3 Å². The molecule has 2 atom stereocenters. The van der Waals surface area contributed by atoms with Crippen LogP contribution >= 0.6 is 11.8 Å². The lowest BCUT2D eigenvalue weighted by molar-refractivity contribution is 0.0287. The molecule has 0 aromatic heterocycles. The Morgan fingerprint density at radius 2 is 2.33 bits per heavy atom. The Bertz CT molecular complexity index is 155. The van der Waals surface area contributed by atoms with Crippen LogP contribution in [0.25, 0.3) is 0 Å². The van der Waals surface area contributed by atoms with Crippen LogP contribution < -0.4 is 5.32 Å². The zero-order valence-corrected chi connectivity index (χ0v) is 10.9. The predicted octanol–water partition coefficient (Wildman–Crippen LogP) is 2.53. The monoisotopic (exact) mass is 231 g/mol. The summed E-state index contributed by atoms with van der Waals surface area (Å²) >= 11 is 1.95. The van der Waals surface area contributed by atoms with Gasteiger partial charge in [-0.3, -0.25) is 0 Å². The van der Waals surface area contributed by atoms with Crippen molar-refractivity contribution < 1.29 is 4.74 Å². The van der Waals surface area contributed by atoms with Crippen molar-refractivity contribution in [3.63, 3.8) is 0 Å². The lowest BCUT2D eigenvalue weighted by Crippen LogP contribution is -2.43. The summed E-state index contributed by atoms with van der Waals surface area (Å²) in [4.78, 5) is 0. The average molecular weight is 231 g/mol. The first-order chi connectivity index (χ1) is 7.38. The molecule has 0 aromatic carbocycles. The summed E-state index contributed by atoms with van der Waals surface area (Å²) in [7, 11) is 0. The molecular formula is C12H25NOS. The molecule has 0 bridgehead atoms. The van der Waals surface area contributed by atoms with Crippen LogP contribution in [-0.4, -0.2) is 37.8 Å². The smallest absolute Gasteiger partial charge is 0.0509 e. The molecule has 2 nitrogen and oxygen atoms in total. The van der Waals surface area contributed by atoms with E-state index in [9.17, 15) is 0 Å². The predicted molar refractivity (Wildman–Crippen MR) is 68.6 cm³/mol. The highest BCUT2D eigenvalue weighted by Gasteiger charge is 2.24. The molecule has 0 aliphatic carbocycles. The van der Waals surface area contributed by atoms with Gasteiger partial charge >= 0.3 is 0 Å². The van der Waals surface area contributed by atoms with Gasteiger partial charge in [-0.05, 0) is 50.2 Å². The quantitative estimate of drug-likeness (QED) is 0.680. The number of rotatable bonds is 7. The van der Waals surface area contributed by atoms with Crippen LogP contribution in [0.1, 0.15) is 32.6 Å². The van der Waals surface area contributed by atoms with Crippen LogP contribution in [0.3, 0.4) is 0 Å². The Morgan fingerprint density at radius 1 is 1.47 bits per heavy atom. The molecule has 15 heavy (non-hydrogen) atoms. The van der Waals surface area contributed by atoms with Gasteiger partial charge < -0.3 is 10.1 Å². The van der Waals surface area contributed by atoms with Gasteiger partial charge in [-0.25, -0.2) is 0 Å². The highest BCUT2D eigenvalue weighted by Crippen LogP contribution is 2.20. The molecular weight excluding hydrogens is 206 g/mol. The van der Waals surface area contributed by atoms with E-state index in [0.717, 1.165) is 25.7 Å². The van der Waals surface area contributed by atoms with E-state index in [1.54, 1.807) is 0 Å². The van der Waals surface area contributed by atoms with Crippen molar-refractivity contribution in [3.05, 3.63) is 0 Å². The average Bonchev–Trinajstić information content (AvgIpc) is 2.28. The highest BCUT2D eigenvalue weighted by atomic mass is 32.2. The summed E-state index contributed by atoms with van der Waals surface area (Å²) in [6, 6.07) is 0.709. The molecule has 0 spiro atoms. The van der Waals surface area contributed by atoms with Gasteiger partial charge in [0.2, 0.25) is 0 Å². The van der Waals surface area contributed by atoms with Crippen LogP contribution in [0, 0.1) is 5.92 Å². The SMILES string of the molecule is CCCNC1CCOCC1CCCSC. The molecule has 1 rings (SSSR count). The number of thioether (sulfide) groups is 1. The number of ether oxygens (including phenoxy) is 1. The Labute approximate surface area is 98.5 Å². The number of nitrogens with one attached hydrogen (secondary N) is 1. The summed E-state index contributed by atoms with van der Waals surface area (Å²) in [6.07, 6.45) is 7.27. The first-order valence-corrected chi connectivity index (χ1v) is 7.58. The lowest BCUT2D eigenvalue weighted by atomic mass is 9.91. The van der Waals surface area contributed by atoms with E-state index in [-0.39, 0.29) is 0 Å². The van der Waals surface area contributed by atoms with Gasteiger partial charge in [0.25, 0.3) is 0 Å². The second-order valence-electron chi connectivity index (χ2n) is 4.32. The third-order valence-electron chi connectivity index (χ3n) is 3.05. The van der Waals surface area contributed by atoms with Crippen molar-refractivity contribution in [2.75, 3.05) is 31.8 Å². The summed E-state index contributed by atoms with van der Waals surface area (Å²) in [5.74, 6) is 2.04. The third-order valence-corrected chi connectivity index (χ3v) is 3.75. The zero-order valence-electron chi connectivity index (χ0n) is 10.1. The fraction of sp³-hybridized carbons (Fsp3) is 1.00. The fourth-order valence-electron chi connectivity index (χ4n) is 2.17. The summed E-state index contributed by atoms with van der Waals surface area (Å²) in [5, 5.41) is 3.66. The van der Waals surface area contributed by atoms with Gasteiger partial charge in [0.15, 0.2) is 0 Å². The van der Waals surface area contributed by atoms with Crippen LogP contribution in [-0.2, 0) is 4.74 Å². The number of hydrogen-bond acceptors (Lipinski definition) is 3. The van der Waals surface area contributed by atoms with E-state index in [4.69, 9.17) is 4.74 Å². The molecule has 0 aromatic rings. The minimum atomic E-state index is 0.709. The van der Waals surface area contributed by atoms with E-state index in [1.807, 2.05) is 11.8 Å². The van der Waals surface area contributed by atoms with Crippen LogP contribution in [0.15, 0.2) is 0 Å². The minimum Gasteiger partial charge on any atom is -0.381 e. The summed E-state index contributed by atoms with van der Waals surface area (Å²) < 4.78 is 5.58. The number of hydrogen-bond donors (Lipinski definition) is 1. The molecule has 1 aliphatic rings.